The van der Waals surface area contributed by atoms with E-state index in [4.69, 9.17) is 0 Å². The maximum absolute atomic E-state index is 11.6. The van der Waals surface area contributed by atoms with E-state index in [0.29, 0.717) is 13.0 Å². The Morgan fingerprint density at radius 3 is 2.39 bits per heavy atom. The lowest BCUT2D eigenvalue weighted by molar-refractivity contribution is -0.120. The summed E-state index contributed by atoms with van der Waals surface area (Å²) in [6, 6.07) is 10.1. The highest BCUT2D eigenvalue weighted by molar-refractivity contribution is 5.76. The van der Waals surface area contributed by atoms with E-state index < -0.39 is 0 Å². The number of carbonyl (C=O) groups is 1. The number of rotatable bonds is 7. The Morgan fingerprint density at radius 1 is 1.11 bits per heavy atom. The van der Waals surface area contributed by atoms with Crippen LogP contribution in [-0.4, -0.2) is 51.6 Å². The summed E-state index contributed by atoms with van der Waals surface area (Å²) in [5.41, 5.74) is 1.14. The first-order chi connectivity index (χ1) is 8.59. The molecule has 1 aromatic rings. The third-order valence-electron chi connectivity index (χ3n) is 2.75. The van der Waals surface area contributed by atoms with Crippen molar-refractivity contribution < 1.29 is 4.79 Å². The van der Waals surface area contributed by atoms with E-state index in [0.717, 1.165) is 18.8 Å². The summed E-state index contributed by atoms with van der Waals surface area (Å²) < 4.78 is 0. The number of amides is 1. The minimum atomic E-state index is 0.111. The van der Waals surface area contributed by atoms with Crippen LogP contribution in [0.1, 0.15) is 6.42 Å². The Hall–Kier alpha value is -1.55. The second-order valence-corrected chi connectivity index (χ2v) is 4.66. The molecule has 1 aromatic carbocycles. The molecule has 0 bridgehead atoms. The molecular formula is C14H23N3O. The van der Waals surface area contributed by atoms with E-state index in [2.05, 4.69) is 15.1 Å². The van der Waals surface area contributed by atoms with Crippen LogP contribution in [0, 0.1) is 0 Å². The van der Waals surface area contributed by atoms with Crippen molar-refractivity contribution in [3.63, 3.8) is 0 Å². The van der Waals surface area contributed by atoms with Crippen molar-refractivity contribution in [1.29, 1.82) is 0 Å². The standard InChI is InChI=1S/C14H23N3O/c1-16(2)12-10-15-14(18)9-11-17(3)13-7-5-4-6-8-13/h4-8H,9-12H2,1-3H3,(H,15,18). The van der Waals surface area contributed by atoms with Crippen LogP contribution in [0.3, 0.4) is 0 Å². The number of nitrogens with zero attached hydrogens (tertiary/aromatic N) is 2. The molecule has 0 saturated carbocycles. The number of nitrogens with one attached hydrogen (secondary N) is 1. The van der Waals surface area contributed by atoms with Gasteiger partial charge in [0, 0.05) is 38.8 Å². The monoisotopic (exact) mass is 249 g/mol. The van der Waals surface area contributed by atoms with Gasteiger partial charge in [0.25, 0.3) is 0 Å². The molecule has 0 aliphatic heterocycles. The molecule has 0 spiro atoms. The Labute approximate surface area is 110 Å². The summed E-state index contributed by atoms with van der Waals surface area (Å²) in [5.74, 6) is 0.111. The van der Waals surface area contributed by atoms with Gasteiger partial charge in [0.1, 0.15) is 0 Å². The number of para-hydroxylation sites is 1. The van der Waals surface area contributed by atoms with Crippen molar-refractivity contribution in [2.24, 2.45) is 0 Å². The number of carbonyl (C=O) groups excluding carboxylic acids is 1. The number of hydrogen-bond acceptors (Lipinski definition) is 3. The largest absolute Gasteiger partial charge is 0.374 e. The van der Waals surface area contributed by atoms with Crippen LogP contribution < -0.4 is 10.2 Å². The molecule has 0 saturated heterocycles. The first kappa shape index (κ1) is 14.5. The maximum Gasteiger partial charge on any atom is 0.221 e. The molecule has 0 fully saturated rings. The average molecular weight is 249 g/mol. The Morgan fingerprint density at radius 2 is 1.78 bits per heavy atom. The first-order valence-electron chi connectivity index (χ1n) is 6.27. The van der Waals surface area contributed by atoms with Gasteiger partial charge in [-0.2, -0.15) is 0 Å². The van der Waals surface area contributed by atoms with Crippen molar-refractivity contribution in [2.75, 3.05) is 45.7 Å². The van der Waals surface area contributed by atoms with Gasteiger partial charge in [0.15, 0.2) is 0 Å². The summed E-state index contributed by atoms with van der Waals surface area (Å²) in [5, 5.41) is 2.91. The molecule has 4 heteroatoms. The second-order valence-electron chi connectivity index (χ2n) is 4.66. The minimum Gasteiger partial charge on any atom is -0.374 e. The third-order valence-corrected chi connectivity index (χ3v) is 2.75. The highest BCUT2D eigenvalue weighted by atomic mass is 16.1. The molecule has 4 nitrogen and oxygen atoms in total. The van der Waals surface area contributed by atoms with E-state index in [1.165, 1.54) is 0 Å². The molecule has 1 N–H and O–H groups in total. The van der Waals surface area contributed by atoms with Crippen LogP contribution in [0.5, 0.6) is 0 Å². The van der Waals surface area contributed by atoms with Gasteiger partial charge in [-0.15, -0.1) is 0 Å². The van der Waals surface area contributed by atoms with Crippen LogP contribution >= 0.6 is 0 Å². The van der Waals surface area contributed by atoms with Crippen molar-refractivity contribution in [1.82, 2.24) is 10.2 Å². The van der Waals surface area contributed by atoms with Gasteiger partial charge in [0.2, 0.25) is 5.91 Å². The lowest BCUT2D eigenvalue weighted by Crippen LogP contribution is -2.33. The van der Waals surface area contributed by atoms with Gasteiger partial charge in [-0.1, -0.05) is 18.2 Å². The van der Waals surface area contributed by atoms with Gasteiger partial charge < -0.3 is 15.1 Å². The van der Waals surface area contributed by atoms with Gasteiger partial charge in [-0.25, -0.2) is 0 Å². The number of likely N-dealkylation sites (N-methyl/N-ethyl adjacent to an activating group) is 1. The molecule has 18 heavy (non-hydrogen) atoms. The molecule has 0 atom stereocenters. The average Bonchev–Trinajstić information content (AvgIpc) is 2.36. The first-order valence-corrected chi connectivity index (χ1v) is 6.27. The lowest BCUT2D eigenvalue weighted by atomic mass is 10.3. The zero-order valence-corrected chi connectivity index (χ0v) is 11.5. The zero-order valence-electron chi connectivity index (χ0n) is 11.5. The number of benzene rings is 1. The Kier molecular flexibility index (Phi) is 6.22. The highest BCUT2D eigenvalue weighted by Crippen LogP contribution is 2.10. The summed E-state index contributed by atoms with van der Waals surface area (Å²) in [4.78, 5) is 15.7. The summed E-state index contributed by atoms with van der Waals surface area (Å²) in [7, 11) is 5.99. The van der Waals surface area contributed by atoms with E-state index >= 15 is 0 Å². The quantitative estimate of drug-likeness (QED) is 0.788. The van der Waals surface area contributed by atoms with Crippen molar-refractivity contribution in [3.8, 4) is 0 Å². The molecule has 0 heterocycles. The molecular weight excluding hydrogens is 226 g/mol. The third kappa shape index (κ3) is 5.68. The van der Waals surface area contributed by atoms with Crippen LogP contribution in [0.2, 0.25) is 0 Å². The van der Waals surface area contributed by atoms with Gasteiger partial charge in [-0.3, -0.25) is 4.79 Å². The Balaban J connectivity index is 2.22. The lowest BCUT2D eigenvalue weighted by Gasteiger charge is -2.19. The summed E-state index contributed by atoms with van der Waals surface area (Å²) in [6.45, 7) is 2.32. The summed E-state index contributed by atoms with van der Waals surface area (Å²) in [6.07, 6.45) is 0.527. The van der Waals surface area contributed by atoms with Crippen LogP contribution in [-0.2, 0) is 4.79 Å². The Bertz CT molecular complexity index is 351. The van der Waals surface area contributed by atoms with Crippen molar-refractivity contribution in [2.45, 2.75) is 6.42 Å². The van der Waals surface area contributed by atoms with Gasteiger partial charge in [-0.05, 0) is 26.2 Å². The van der Waals surface area contributed by atoms with Gasteiger partial charge >= 0.3 is 0 Å². The van der Waals surface area contributed by atoms with Crippen LogP contribution in [0.4, 0.5) is 5.69 Å². The normalized spacial score (nSPS) is 10.4. The molecule has 0 aromatic heterocycles. The molecule has 100 valence electrons. The molecule has 0 aliphatic rings. The molecule has 1 amide bonds. The van der Waals surface area contributed by atoms with Crippen molar-refractivity contribution >= 4 is 11.6 Å². The molecule has 1 rings (SSSR count). The SMILES string of the molecule is CN(C)CCNC(=O)CCN(C)c1ccccc1. The van der Waals surface area contributed by atoms with E-state index in [1.54, 1.807) is 0 Å². The van der Waals surface area contributed by atoms with E-state index in [9.17, 15) is 4.79 Å². The highest BCUT2D eigenvalue weighted by Gasteiger charge is 2.04. The maximum atomic E-state index is 11.6. The number of hydrogen-bond donors (Lipinski definition) is 1. The van der Waals surface area contributed by atoms with E-state index in [-0.39, 0.29) is 5.91 Å². The fraction of sp³-hybridized carbons (Fsp3) is 0.500. The summed E-state index contributed by atoms with van der Waals surface area (Å²) >= 11 is 0. The fourth-order valence-electron chi connectivity index (χ4n) is 1.59. The molecule has 0 radical (unpaired) electrons. The van der Waals surface area contributed by atoms with Crippen LogP contribution in [0.15, 0.2) is 30.3 Å². The fourth-order valence-corrected chi connectivity index (χ4v) is 1.59. The predicted octanol–water partition coefficient (Wildman–Crippen LogP) is 1.19. The van der Waals surface area contributed by atoms with Gasteiger partial charge in [0.05, 0.1) is 0 Å². The van der Waals surface area contributed by atoms with E-state index in [1.807, 2.05) is 51.5 Å². The zero-order chi connectivity index (χ0) is 13.4. The molecule has 0 aliphatic carbocycles. The van der Waals surface area contributed by atoms with Crippen LogP contribution in [0.25, 0.3) is 0 Å². The van der Waals surface area contributed by atoms with Crippen molar-refractivity contribution in [3.05, 3.63) is 30.3 Å². The molecule has 0 unspecified atom stereocenters. The number of anilines is 1. The predicted molar refractivity (Wildman–Crippen MR) is 75.9 cm³/mol. The smallest absolute Gasteiger partial charge is 0.221 e. The topological polar surface area (TPSA) is 35.6 Å². The second kappa shape index (κ2) is 7.71. The minimum absolute atomic E-state index is 0.111.